The summed E-state index contributed by atoms with van der Waals surface area (Å²) in [6, 6.07) is 8.69. The van der Waals surface area contributed by atoms with Crippen molar-refractivity contribution in [3.63, 3.8) is 0 Å². The van der Waals surface area contributed by atoms with Crippen molar-refractivity contribution in [1.82, 2.24) is 5.32 Å². The van der Waals surface area contributed by atoms with Gasteiger partial charge in [-0.2, -0.15) is 0 Å². The van der Waals surface area contributed by atoms with Gasteiger partial charge in [-0.3, -0.25) is 0 Å². The fraction of sp³-hybridized carbons (Fsp3) is 0.625. The van der Waals surface area contributed by atoms with Crippen molar-refractivity contribution in [3.8, 4) is 0 Å². The number of anilines is 1. The minimum absolute atomic E-state index is 0.0801. The van der Waals surface area contributed by atoms with Gasteiger partial charge in [0.1, 0.15) is 0 Å². The highest BCUT2D eigenvalue weighted by molar-refractivity contribution is 5.55. The normalized spacial score (nSPS) is 18.9. The molecule has 3 heteroatoms. The van der Waals surface area contributed by atoms with E-state index in [0.29, 0.717) is 5.92 Å². The third kappa shape index (κ3) is 2.93. The van der Waals surface area contributed by atoms with Crippen LogP contribution in [-0.4, -0.2) is 37.4 Å². The van der Waals surface area contributed by atoms with E-state index in [-0.39, 0.29) is 12.1 Å². The summed E-state index contributed by atoms with van der Waals surface area (Å²) in [7, 11) is 1.95. The first kappa shape index (κ1) is 14.4. The number of nitrogens with zero attached hydrogens (tertiary/aromatic N) is 1. The first-order valence-corrected chi connectivity index (χ1v) is 7.25. The molecule has 1 aromatic rings. The highest BCUT2D eigenvalue weighted by Gasteiger charge is 2.32. The zero-order chi connectivity index (χ0) is 13.9. The van der Waals surface area contributed by atoms with Crippen molar-refractivity contribution in [2.45, 2.75) is 38.1 Å². The molecule has 0 aromatic heterocycles. The van der Waals surface area contributed by atoms with Crippen molar-refractivity contribution in [2.75, 3.05) is 31.6 Å². The van der Waals surface area contributed by atoms with Gasteiger partial charge in [0.05, 0.1) is 6.61 Å². The van der Waals surface area contributed by atoms with Gasteiger partial charge in [0.25, 0.3) is 0 Å². The number of piperidine rings is 1. The lowest BCUT2D eigenvalue weighted by Gasteiger charge is -2.42. The number of likely N-dealkylation sites (N-methyl/N-ethyl adjacent to an activating group) is 1. The summed E-state index contributed by atoms with van der Waals surface area (Å²) in [5, 5.41) is 12.9. The second kappa shape index (κ2) is 5.93. The van der Waals surface area contributed by atoms with Crippen LogP contribution in [0.2, 0.25) is 0 Å². The summed E-state index contributed by atoms with van der Waals surface area (Å²) < 4.78 is 0. The largest absolute Gasteiger partial charge is 0.394 e. The van der Waals surface area contributed by atoms with Crippen LogP contribution < -0.4 is 10.2 Å². The summed E-state index contributed by atoms with van der Waals surface area (Å²) in [5.74, 6) is 0.546. The molecule has 0 amide bonds. The standard InChI is InChI=1S/C16H26N2O/c1-13(2)14-6-4-5-7-15(14)18-10-8-16(12-19,17-3)9-11-18/h4-7,13,17,19H,8-12H2,1-3H3. The van der Waals surface area contributed by atoms with Gasteiger partial charge in [-0.15, -0.1) is 0 Å². The Labute approximate surface area is 116 Å². The molecule has 106 valence electrons. The summed E-state index contributed by atoms with van der Waals surface area (Å²) in [4.78, 5) is 2.46. The lowest BCUT2D eigenvalue weighted by molar-refractivity contribution is 0.142. The molecule has 0 radical (unpaired) electrons. The molecule has 0 atom stereocenters. The topological polar surface area (TPSA) is 35.5 Å². The SMILES string of the molecule is CNC1(CO)CCN(c2ccccc2C(C)C)CC1. The minimum atomic E-state index is -0.0801. The molecule has 1 fully saturated rings. The van der Waals surface area contributed by atoms with Crippen LogP contribution in [0.4, 0.5) is 5.69 Å². The first-order valence-electron chi connectivity index (χ1n) is 7.25. The molecular formula is C16H26N2O. The third-order valence-electron chi connectivity index (χ3n) is 4.45. The van der Waals surface area contributed by atoms with E-state index in [1.807, 2.05) is 7.05 Å². The zero-order valence-electron chi connectivity index (χ0n) is 12.3. The van der Waals surface area contributed by atoms with Crippen LogP contribution in [-0.2, 0) is 0 Å². The van der Waals surface area contributed by atoms with E-state index in [4.69, 9.17) is 0 Å². The van der Waals surface area contributed by atoms with Gasteiger partial charge in [-0.25, -0.2) is 0 Å². The number of aliphatic hydroxyl groups is 1. The summed E-state index contributed by atoms with van der Waals surface area (Å²) in [5.41, 5.74) is 2.70. The van der Waals surface area contributed by atoms with Gasteiger partial charge >= 0.3 is 0 Å². The smallest absolute Gasteiger partial charge is 0.0614 e. The van der Waals surface area contributed by atoms with Crippen LogP contribution in [0.5, 0.6) is 0 Å². The molecule has 1 heterocycles. The van der Waals surface area contributed by atoms with E-state index < -0.39 is 0 Å². The van der Waals surface area contributed by atoms with Crippen molar-refractivity contribution in [3.05, 3.63) is 29.8 Å². The molecule has 0 saturated carbocycles. The second-order valence-electron chi connectivity index (χ2n) is 5.89. The molecule has 0 spiro atoms. The average molecular weight is 262 g/mol. The van der Waals surface area contributed by atoms with Crippen LogP contribution in [0.15, 0.2) is 24.3 Å². The molecule has 2 rings (SSSR count). The molecule has 1 aliphatic heterocycles. The number of para-hydroxylation sites is 1. The van der Waals surface area contributed by atoms with E-state index in [1.165, 1.54) is 11.3 Å². The van der Waals surface area contributed by atoms with Crippen molar-refractivity contribution in [1.29, 1.82) is 0 Å². The summed E-state index contributed by atoms with van der Waals surface area (Å²) in [6.45, 7) is 6.72. The van der Waals surface area contributed by atoms with Crippen LogP contribution in [0, 0.1) is 0 Å². The van der Waals surface area contributed by atoms with Crippen molar-refractivity contribution in [2.24, 2.45) is 0 Å². The number of nitrogens with one attached hydrogen (secondary N) is 1. The molecule has 1 aliphatic rings. The maximum absolute atomic E-state index is 9.56. The molecule has 19 heavy (non-hydrogen) atoms. The van der Waals surface area contributed by atoms with Crippen LogP contribution in [0.3, 0.4) is 0 Å². The van der Waals surface area contributed by atoms with E-state index >= 15 is 0 Å². The van der Waals surface area contributed by atoms with E-state index in [2.05, 4.69) is 48.3 Å². The zero-order valence-corrected chi connectivity index (χ0v) is 12.3. The number of rotatable bonds is 4. The molecular weight excluding hydrogens is 236 g/mol. The Morgan fingerprint density at radius 2 is 1.89 bits per heavy atom. The number of hydrogen-bond donors (Lipinski definition) is 2. The predicted octanol–water partition coefficient (Wildman–Crippen LogP) is 2.36. The maximum Gasteiger partial charge on any atom is 0.0614 e. The van der Waals surface area contributed by atoms with E-state index in [1.54, 1.807) is 0 Å². The van der Waals surface area contributed by atoms with Crippen molar-refractivity contribution >= 4 is 5.69 Å². The Balaban J connectivity index is 2.14. The van der Waals surface area contributed by atoms with Gasteiger partial charge < -0.3 is 15.3 Å². The van der Waals surface area contributed by atoms with Crippen LogP contribution >= 0.6 is 0 Å². The number of hydrogen-bond acceptors (Lipinski definition) is 3. The van der Waals surface area contributed by atoms with Crippen LogP contribution in [0.25, 0.3) is 0 Å². The molecule has 0 bridgehead atoms. The summed E-state index contributed by atoms with van der Waals surface area (Å²) in [6.07, 6.45) is 1.98. The molecule has 2 N–H and O–H groups in total. The Bertz CT molecular complexity index is 403. The molecule has 1 aromatic carbocycles. The van der Waals surface area contributed by atoms with E-state index in [0.717, 1.165) is 25.9 Å². The van der Waals surface area contributed by atoms with Gasteiger partial charge in [-0.05, 0) is 37.4 Å². The van der Waals surface area contributed by atoms with Gasteiger partial charge in [0, 0.05) is 24.3 Å². The fourth-order valence-corrected chi connectivity index (χ4v) is 2.93. The number of aliphatic hydroxyl groups excluding tert-OH is 1. The Kier molecular flexibility index (Phi) is 4.48. The number of benzene rings is 1. The molecule has 3 nitrogen and oxygen atoms in total. The van der Waals surface area contributed by atoms with Gasteiger partial charge in [-0.1, -0.05) is 32.0 Å². The average Bonchev–Trinajstić information content (AvgIpc) is 2.47. The van der Waals surface area contributed by atoms with Gasteiger partial charge in [0.2, 0.25) is 0 Å². The highest BCUT2D eigenvalue weighted by Crippen LogP contribution is 2.31. The van der Waals surface area contributed by atoms with Gasteiger partial charge in [0.15, 0.2) is 0 Å². The monoisotopic (exact) mass is 262 g/mol. The lowest BCUT2D eigenvalue weighted by Crippen LogP contribution is -2.54. The summed E-state index contributed by atoms with van der Waals surface area (Å²) >= 11 is 0. The second-order valence-corrected chi connectivity index (χ2v) is 5.89. The molecule has 0 aliphatic carbocycles. The fourth-order valence-electron chi connectivity index (χ4n) is 2.93. The third-order valence-corrected chi connectivity index (χ3v) is 4.45. The lowest BCUT2D eigenvalue weighted by atomic mass is 9.87. The van der Waals surface area contributed by atoms with Crippen molar-refractivity contribution < 1.29 is 5.11 Å². The maximum atomic E-state index is 9.56. The minimum Gasteiger partial charge on any atom is -0.394 e. The Hall–Kier alpha value is -1.06. The quantitative estimate of drug-likeness (QED) is 0.874. The molecule has 1 saturated heterocycles. The first-order chi connectivity index (χ1) is 9.12. The Morgan fingerprint density at radius 3 is 2.42 bits per heavy atom. The molecule has 0 unspecified atom stereocenters. The predicted molar refractivity (Wildman–Crippen MR) is 80.9 cm³/mol. The Morgan fingerprint density at radius 1 is 1.26 bits per heavy atom. The highest BCUT2D eigenvalue weighted by atomic mass is 16.3. The van der Waals surface area contributed by atoms with E-state index in [9.17, 15) is 5.11 Å². The van der Waals surface area contributed by atoms with Crippen LogP contribution in [0.1, 0.15) is 38.2 Å².